The molecule has 0 atom stereocenters. The number of hydrogen-bond donors (Lipinski definition) is 1. The highest BCUT2D eigenvalue weighted by molar-refractivity contribution is 6.37. The van der Waals surface area contributed by atoms with Gasteiger partial charge in [0.15, 0.2) is 11.3 Å². The summed E-state index contributed by atoms with van der Waals surface area (Å²) >= 11 is 6.05. The van der Waals surface area contributed by atoms with Gasteiger partial charge in [0.05, 0.1) is 11.3 Å². The Morgan fingerprint density at radius 1 is 1.35 bits per heavy atom. The van der Waals surface area contributed by atoms with E-state index in [2.05, 4.69) is 15.4 Å². The number of nitrogens with zero attached hydrogens (tertiary/aromatic N) is 4. The van der Waals surface area contributed by atoms with E-state index in [0.717, 1.165) is 6.07 Å². The normalized spacial score (nSPS) is 11.4. The van der Waals surface area contributed by atoms with Gasteiger partial charge < -0.3 is 5.32 Å². The first-order valence-corrected chi connectivity index (χ1v) is 7.53. The summed E-state index contributed by atoms with van der Waals surface area (Å²) in [6.07, 6.45) is -4.71. The molecule has 0 fully saturated rings. The van der Waals surface area contributed by atoms with Crippen LogP contribution in [0.5, 0.6) is 0 Å². The number of fused-ring (bicyclic) bond motifs is 1. The van der Waals surface area contributed by atoms with Crippen LogP contribution in [0, 0.1) is 18.3 Å². The lowest BCUT2D eigenvalue weighted by atomic mass is 10.2. The van der Waals surface area contributed by atoms with E-state index in [1.54, 1.807) is 12.1 Å². The molecule has 3 rings (SSSR count). The molecule has 0 radical (unpaired) electrons. The molecule has 6 nitrogen and oxygen atoms in total. The van der Waals surface area contributed by atoms with Crippen LogP contribution in [0.4, 0.5) is 18.9 Å². The van der Waals surface area contributed by atoms with E-state index < -0.39 is 23.5 Å². The summed E-state index contributed by atoms with van der Waals surface area (Å²) in [6.45, 7) is 1.38. The van der Waals surface area contributed by atoms with Crippen molar-refractivity contribution in [1.82, 2.24) is 14.6 Å². The van der Waals surface area contributed by atoms with Crippen LogP contribution in [0.15, 0.2) is 30.3 Å². The maximum atomic E-state index is 13.2. The first-order chi connectivity index (χ1) is 12.2. The number of nitriles is 1. The fourth-order valence-corrected chi connectivity index (χ4v) is 2.58. The molecule has 2 heterocycles. The highest BCUT2D eigenvalue weighted by Gasteiger charge is 2.36. The van der Waals surface area contributed by atoms with Crippen LogP contribution in [0.1, 0.15) is 27.4 Å². The Morgan fingerprint density at radius 2 is 2.04 bits per heavy atom. The Morgan fingerprint density at radius 3 is 2.69 bits per heavy atom. The number of rotatable bonds is 2. The van der Waals surface area contributed by atoms with Crippen LogP contribution in [-0.2, 0) is 6.18 Å². The molecule has 3 aromatic rings. The number of alkyl halides is 3. The van der Waals surface area contributed by atoms with Crippen molar-refractivity contribution in [1.29, 1.82) is 5.26 Å². The molecule has 0 aliphatic heterocycles. The van der Waals surface area contributed by atoms with E-state index >= 15 is 0 Å². The number of carbonyl (C=O) groups is 1. The van der Waals surface area contributed by atoms with Gasteiger partial charge in [-0.1, -0.05) is 23.7 Å². The molecule has 0 unspecified atom stereocenters. The van der Waals surface area contributed by atoms with Gasteiger partial charge >= 0.3 is 6.18 Å². The van der Waals surface area contributed by atoms with Gasteiger partial charge in [-0.15, -0.1) is 0 Å². The van der Waals surface area contributed by atoms with Crippen LogP contribution >= 0.6 is 11.6 Å². The Balaban J connectivity index is 2.10. The average molecular weight is 380 g/mol. The molecule has 10 heteroatoms. The number of anilines is 1. The van der Waals surface area contributed by atoms with Gasteiger partial charge in [0.25, 0.3) is 5.91 Å². The van der Waals surface area contributed by atoms with Gasteiger partial charge in [-0.05, 0) is 25.1 Å². The monoisotopic (exact) mass is 379 g/mol. The van der Waals surface area contributed by atoms with Crippen LogP contribution in [0.25, 0.3) is 5.65 Å². The number of para-hydroxylation sites is 1. The number of amides is 1. The van der Waals surface area contributed by atoms with E-state index in [1.165, 1.54) is 19.1 Å². The first-order valence-electron chi connectivity index (χ1n) is 7.16. The van der Waals surface area contributed by atoms with E-state index in [0.29, 0.717) is 4.52 Å². The topological polar surface area (TPSA) is 83.1 Å². The van der Waals surface area contributed by atoms with Crippen molar-refractivity contribution >= 4 is 28.8 Å². The molecule has 0 aliphatic carbocycles. The summed E-state index contributed by atoms with van der Waals surface area (Å²) in [7, 11) is 0. The molecule has 0 saturated heterocycles. The first kappa shape index (κ1) is 17.7. The van der Waals surface area contributed by atoms with Crippen molar-refractivity contribution in [3.63, 3.8) is 0 Å². The molecule has 2 aromatic heterocycles. The zero-order chi connectivity index (χ0) is 19.1. The molecule has 1 amide bonds. The Hall–Kier alpha value is -3.12. The standard InChI is InChI=1S/C16H9ClF3N5O/c1-8-6-11(16(18,19)20)25-14(22-8)12(17)13(24-25)15(26)23-10-5-3-2-4-9(10)7-21/h2-6H,1H3,(H,23,26). The number of carbonyl (C=O) groups excluding carboxylic acids is 1. The summed E-state index contributed by atoms with van der Waals surface area (Å²) < 4.78 is 40.1. The number of aryl methyl sites for hydroxylation is 1. The number of nitrogens with one attached hydrogen (secondary N) is 1. The van der Waals surface area contributed by atoms with Crippen LogP contribution in [0.2, 0.25) is 5.02 Å². The molecular weight excluding hydrogens is 371 g/mol. The lowest BCUT2D eigenvalue weighted by Gasteiger charge is -2.09. The molecule has 26 heavy (non-hydrogen) atoms. The highest BCUT2D eigenvalue weighted by atomic mass is 35.5. The molecule has 0 aliphatic rings. The van der Waals surface area contributed by atoms with Gasteiger partial charge in [0.1, 0.15) is 16.8 Å². The Kier molecular flexibility index (Phi) is 4.29. The van der Waals surface area contributed by atoms with Crippen molar-refractivity contribution in [3.05, 3.63) is 58.0 Å². The molecule has 1 N–H and O–H groups in total. The van der Waals surface area contributed by atoms with Gasteiger partial charge in [0, 0.05) is 5.69 Å². The third-order valence-corrected chi connectivity index (χ3v) is 3.81. The largest absolute Gasteiger partial charge is 0.433 e. The fourth-order valence-electron chi connectivity index (χ4n) is 2.33. The quantitative estimate of drug-likeness (QED) is 0.733. The minimum atomic E-state index is -4.71. The van der Waals surface area contributed by atoms with Crippen molar-refractivity contribution in [2.75, 3.05) is 5.32 Å². The van der Waals surface area contributed by atoms with E-state index in [9.17, 15) is 18.0 Å². The molecule has 1 aromatic carbocycles. The minimum Gasteiger partial charge on any atom is -0.319 e. The molecule has 132 valence electrons. The van der Waals surface area contributed by atoms with Crippen LogP contribution in [-0.4, -0.2) is 20.5 Å². The Labute approximate surface area is 149 Å². The van der Waals surface area contributed by atoms with Crippen molar-refractivity contribution in [2.45, 2.75) is 13.1 Å². The van der Waals surface area contributed by atoms with Crippen molar-refractivity contribution in [2.24, 2.45) is 0 Å². The predicted octanol–water partition coefficient (Wildman–Crippen LogP) is 3.83. The zero-order valence-electron chi connectivity index (χ0n) is 13.1. The average Bonchev–Trinajstić information content (AvgIpc) is 2.91. The van der Waals surface area contributed by atoms with E-state index in [-0.39, 0.29) is 27.6 Å². The number of hydrogen-bond acceptors (Lipinski definition) is 4. The van der Waals surface area contributed by atoms with Gasteiger partial charge in [-0.2, -0.15) is 23.5 Å². The highest BCUT2D eigenvalue weighted by Crippen LogP contribution is 2.32. The molecule has 0 spiro atoms. The maximum absolute atomic E-state index is 13.2. The van der Waals surface area contributed by atoms with Gasteiger partial charge in [-0.25, -0.2) is 9.50 Å². The molecule has 0 bridgehead atoms. The number of aromatic nitrogens is 3. The van der Waals surface area contributed by atoms with E-state index in [1.807, 2.05) is 6.07 Å². The fraction of sp³-hybridized carbons (Fsp3) is 0.125. The van der Waals surface area contributed by atoms with Gasteiger partial charge in [0.2, 0.25) is 0 Å². The summed E-state index contributed by atoms with van der Waals surface area (Å²) in [5.41, 5.74) is -1.36. The van der Waals surface area contributed by atoms with Crippen molar-refractivity contribution in [3.8, 4) is 6.07 Å². The second-order valence-corrected chi connectivity index (χ2v) is 5.67. The van der Waals surface area contributed by atoms with E-state index in [4.69, 9.17) is 16.9 Å². The molecular formula is C16H9ClF3N5O. The second kappa shape index (κ2) is 6.31. The number of benzene rings is 1. The summed E-state index contributed by atoms with van der Waals surface area (Å²) in [5.74, 6) is -0.853. The third kappa shape index (κ3) is 3.07. The summed E-state index contributed by atoms with van der Waals surface area (Å²) in [5, 5.41) is 14.8. The van der Waals surface area contributed by atoms with Crippen molar-refractivity contribution < 1.29 is 18.0 Å². The lowest BCUT2D eigenvalue weighted by molar-refractivity contribution is -0.142. The lowest BCUT2D eigenvalue weighted by Crippen LogP contribution is -2.16. The van der Waals surface area contributed by atoms with Gasteiger partial charge in [-0.3, -0.25) is 4.79 Å². The summed E-state index contributed by atoms with van der Waals surface area (Å²) in [6, 6.07) is 8.86. The summed E-state index contributed by atoms with van der Waals surface area (Å²) in [4.78, 5) is 16.4. The molecule has 0 saturated carbocycles. The smallest absolute Gasteiger partial charge is 0.319 e. The second-order valence-electron chi connectivity index (χ2n) is 5.29. The Bertz CT molecular complexity index is 1070. The van der Waals surface area contributed by atoms with Crippen LogP contribution in [0.3, 0.4) is 0 Å². The zero-order valence-corrected chi connectivity index (χ0v) is 13.9. The predicted molar refractivity (Wildman–Crippen MR) is 86.8 cm³/mol. The van der Waals surface area contributed by atoms with Crippen LogP contribution < -0.4 is 5.32 Å². The maximum Gasteiger partial charge on any atom is 0.433 e. The number of halogens is 4. The minimum absolute atomic E-state index is 0.0772. The SMILES string of the molecule is Cc1cc(C(F)(F)F)n2nc(C(=O)Nc3ccccc3C#N)c(Cl)c2n1. The third-order valence-electron chi connectivity index (χ3n) is 3.46.